The Morgan fingerprint density at radius 1 is 1.04 bits per heavy atom. The number of nitrogens with one attached hydrogen (secondary N) is 1. The number of rotatable bonds is 4. The molecular weight excluding hydrogens is 320 g/mol. The number of benzene rings is 2. The molecule has 1 saturated heterocycles. The first-order valence-corrected chi connectivity index (χ1v) is 8.02. The van der Waals surface area contributed by atoms with Crippen LogP contribution in [-0.4, -0.2) is 42.0 Å². The van der Waals surface area contributed by atoms with E-state index in [0.29, 0.717) is 12.1 Å². The molecule has 0 bridgehead atoms. The summed E-state index contributed by atoms with van der Waals surface area (Å²) >= 11 is 0. The average molecular weight is 338 g/mol. The topological polar surface area (TPSA) is 75.7 Å². The largest absolute Gasteiger partial charge is 0.449 e. The van der Waals surface area contributed by atoms with E-state index in [0.717, 1.165) is 16.0 Å². The van der Waals surface area contributed by atoms with Crippen molar-refractivity contribution in [3.63, 3.8) is 0 Å². The minimum atomic E-state index is -1.02. The normalized spacial score (nSPS) is 14.8. The molecule has 1 heterocycles. The average Bonchev–Trinajstić information content (AvgIpc) is 3.07. The number of amides is 3. The monoisotopic (exact) mass is 338 g/mol. The van der Waals surface area contributed by atoms with Gasteiger partial charge in [-0.1, -0.05) is 42.5 Å². The molecule has 6 nitrogen and oxygen atoms in total. The number of carbonyl (C=O) groups excluding carboxylic acids is 3. The van der Waals surface area contributed by atoms with E-state index in [-0.39, 0.29) is 6.54 Å². The Morgan fingerprint density at radius 2 is 1.68 bits per heavy atom. The number of ether oxygens (including phenoxy) is 1. The van der Waals surface area contributed by atoms with Gasteiger partial charge in [0, 0.05) is 13.1 Å². The fraction of sp³-hybridized carbons (Fsp3) is 0.211. The molecule has 2 aromatic carbocycles. The Bertz CT molecular complexity index is 787. The maximum Gasteiger partial charge on any atom is 0.338 e. The molecule has 0 aliphatic carbocycles. The van der Waals surface area contributed by atoms with Crippen molar-refractivity contribution in [1.82, 2.24) is 10.2 Å². The molecule has 2 aromatic rings. The van der Waals surface area contributed by atoms with Crippen LogP contribution in [0.3, 0.4) is 0 Å². The van der Waals surface area contributed by atoms with Gasteiger partial charge in [-0.3, -0.25) is 9.69 Å². The molecule has 1 N–H and O–H groups in total. The summed E-state index contributed by atoms with van der Waals surface area (Å²) in [6.07, 6.45) is -1.02. The van der Waals surface area contributed by atoms with Crippen molar-refractivity contribution in [2.24, 2.45) is 0 Å². The summed E-state index contributed by atoms with van der Waals surface area (Å²) in [6, 6.07) is 16.3. The van der Waals surface area contributed by atoms with Crippen molar-refractivity contribution in [3.8, 4) is 11.1 Å². The fourth-order valence-corrected chi connectivity index (χ4v) is 2.61. The highest BCUT2D eigenvalue weighted by Gasteiger charge is 2.31. The quantitative estimate of drug-likeness (QED) is 0.869. The molecule has 1 unspecified atom stereocenters. The Balaban J connectivity index is 1.65. The highest BCUT2D eigenvalue weighted by atomic mass is 16.5. The number of carbonyl (C=O) groups is 3. The van der Waals surface area contributed by atoms with E-state index < -0.39 is 24.0 Å². The molecule has 1 fully saturated rings. The Morgan fingerprint density at radius 3 is 2.28 bits per heavy atom. The Hall–Kier alpha value is -3.15. The first-order chi connectivity index (χ1) is 12.1. The van der Waals surface area contributed by atoms with E-state index >= 15 is 0 Å². The van der Waals surface area contributed by atoms with E-state index in [9.17, 15) is 14.4 Å². The van der Waals surface area contributed by atoms with Crippen LogP contribution in [0.15, 0.2) is 54.6 Å². The third-order valence-corrected chi connectivity index (χ3v) is 3.98. The molecule has 1 aliphatic heterocycles. The lowest BCUT2D eigenvalue weighted by Gasteiger charge is -2.18. The Labute approximate surface area is 145 Å². The van der Waals surface area contributed by atoms with Gasteiger partial charge in [-0.25, -0.2) is 9.59 Å². The molecule has 3 rings (SSSR count). The summed E-state index contributed by atoms with van der Waals surface area (Å²) in [5.41, 5.74) is 2.38. The molecule has 128 valence electrons. The van der Waals surface area contributed by atoms with Gasteiger partial charge in [-0.05, 0) is 30.2 Å². The predicted octanol–water partition coefficient (Wildman–Crippen LogP) is 2.45. The summed E-state index contributed by atoms with van der Waals surface area (Å²) in [4.78, 5) is 36.9. The maximum atomic E-state index is 12.2. The molecule has 6 heteroatoms. The van der Waals surface area contributed by atoms with Crippen molar-refractivity contribution >= 4 is 17.9 Å². The van der Waals surface area contributed by atoms with Crippen LogP contribution in [-0.2, 0) is 9.53 Å². The van der Waals surface area contributed by atoms with Gasteiger partial charge in [0.25, 0.3) is 5.91 Å². The molecule has 0 radical (unpaired) electrons. The molecule has 25 heavy (non-hydrogen) atoms. The smallest absolute Gasteiger partial charge is 0.338 e. The van der Waals surface area contributed by atoms with E-state index in [1.165, 1.54) is 6.92 Å². The minimum Gasteiger partial charge on any atom is -0.449 e. The summed E-state index contributed by atoms with van der Waals surface area (Å²) in [7, 11) is 0. The number of esters is 1. The summed E-state index contributed by atoms with van der Waals surface area (Å²) in [5, 5.41) is 2.54. The maximum absolute atomic E-state index is 12.2. The highest BCUT2D eigenvalue weighted by Crippen LogP contribution is 2.19. The van der Waals surface area contributed by atoms with E-state index in [2.05, 4.69) is 5.32 Å². The second-order valence-corrected chi connectivity index (χ2v) is 5.71. The Kier molecular flexibility index (Phi) is 4.79. The zero-order valence-corrected chi connectivity index (χ0v) is 13.8. The molecular formula is C19H18N2O4. The second-order valence-electron chi connectivity index (χ2n) is 5.71. The molecule has 1 aliphatic rings. The summed E-state index contributed by atoms with van der Waals surface area (Å²) in [5.74, 6) is -1.12. The van der Waals surface area contributed by atoms with Gasteiger partial charge in [0.05, 0.1) is 5.56 Å². The molecule has 0 aromatic heterocycles. The number of nitrogens with zero attached hydrogens (tertiary/aromatic N) is 1. The lowest BCUT2D eigenvalue weighted by molar-refractivity contribution is -0.136. The van der Waals surface area contributed by atoms with E-state index in [1.54, 1.807) is 12.1 Å². The standard InChI is InChI=1S/C19H18N2O4/c1-13(17(22)21-12-11-20-19(21)24)25-18(23)16-9-7-15(8-10-16)14-5-3-2-4-6-14/h2-10,13H,11-12H2,1H3,(H,20,24). The van der Waals surface area contributed by atoms with Crippen LogP contribution in [0.1, 0.15) is 17.3 Å². The van der Waals surface area contributed by atoms with Crippen LogP contribution < -0.4 is 5.32 Å². The second kappa shape index (κ2) is 7.17. The fourth-order valence-electron chi connectivity index (χ4n) is 2.61. The zero-order chi connectivity index (χ0) is 17.8. The van der Waals surface area contributed by atoms with Crippen LogP contribution in [0.4, 0.5) is 4.79 Å². The van der Waals surface area contributed by atoms with Gasteiger partial charge in [0.1, 0.15) is 0 Å². The van der Waals surface area contributed by atoms with Crippen LogP contribution in [0.5, 0.6) is 0 Å². The number of hydrogen-bond donors (Lipinski definition) is 1. The van der Waals surface area contributed by atoms with Gasteiger partial charge >= 0.3 is 12.0 Å². The van der Waals surface area contributed by atoms with Gasteiger partial charge in [-0.2, -0.15) is 0 Å². The molecule has 1 atom stereocenters. The summed E-state index contributed by atoms with van der Waals surface area (Å²) < 4.78 is 5.19. The number of hydrogen-bond acceptors (Lipinski definition) is 4. The zero-order valence-electron chi connectivity index (χ0n) is 13.8. The summed E-state index contributed by atoms with van der Waals surface area (Å²) in [6.45, 7) is 2.15. The lowest BCUT2D eigenvalue weighted by Crippen LogP contribution is -2.41. The molecule has 3 amide bonds. The van der Waals surface area contributed by atoms with E-state index in [1.807, 2.05) is 42.5 Å². The van der Waals surface area contributed by atoms with Crippen molar-refractivity contribution in [2.75, 3.05) is 13.1 Å². The molecule has 0 spiro atoms. The van der Waals surface area contributed by atoms with Crippen LogP contribution in [0.25, 0.3) is 11.1 Å². The highest BCUT2D eigenvalue weighted by molar-refractivity contribution is 5.99. The third-order valence-electron chi connectivity index (χ3n) is 3.98. The van der Waals surface area contributed by atoms with Crippen molar-refractivity contribution in [2.45, 2.75) is 13.0 Å². The van der Waals surface area contributed by atoms with Crippen molar-refractivity contribution in [1.29, 1.82) is 0 Å². The van der Waals surface area contributed by atoms with Gasteiger partial charge < -0.3 is 10.1 Å². The molecule has 0 saturated carbocycles. The third kappa shape index (κ3) is 3.68. The van der Waals surface area contributed by atoms with Crippen molar-refractivity contribution in [3.05, 3.63) is 60.2 Å². The SMILES string of the molecule is CC(OC(=O)c1ccc(-c2ccccc2)cc1)C(=O)N1CCNC1=O. The first kappa shape index (κ1) is 16.7. The first-order valence-electron chi connectivity index (χ1n) is 8.02. The van der Waals surface area contributed by atoms with Gasteiger partial charge in [-0.15, -0.1) is 0 Å². The number of urea groups is 1. The lowest BCUT2D eigenvalue weighted by atomic mass is 10.0. The minimum absolute atomic E-state index is 0.283. The predicted molar refractivity (Wildman–Crippen MR) is 91.9 cm³/mol. The van der Waals surface area contributed by atoms with Crippen molar-refractivity contribution < 1.29 is 19.1 Å². The van der Waals surface area contributed by atoms with Crippen LogP contribution in [0.2, 0.25) is 0 Å². The van der Waals surface area contributed by atoms with Crippen LogP contribution in [0, 0.1) is 0 Å². The number of imide groups is 1. The van der Waals surface area contributed by atoms with Gasteiger partial charge in [0.15, 0.2) is 6.10 Å². The van der Waals surface area contributed by atoms with Crippen LogP contribution >= 0.6 is 0 Å². The van der Waals surface area contributed by atoms with E-state index in [4.69, 9.17) is 4.74 Å². The van der Waals surface area contributed by atoms with Gasteiger partial charge in [0.2, 0.25) is 0 Å².